The molecule has 0 amide bonds. The molecule has 9 atom stereocenters. The Morgan fingerprint density at radius 1 is 0.929 bits per heavy atom. The summed E-state index contributed by atoms with van der Waals surface area (Å²) in [5.41, 5.74) is -0.630. The first-order chi connectivity index (χ1) is 19.9. The molecule has 2 aliphatic heterocycles. The molecule has 2 aliphatic rings. The van der Waals surface area contributed by atoms with Gasteiger partial charge in [-0.3, -0.25) is 4.79 Å². The molecule has 3 heterocycles. The van der Waals surface area contributed by atoms with Crippen LogP contribution in [-0.4, -0.2) is 121 Å². The van der Waals surface area contributed by atoms with Gasteiger partial charge in [-0.25, -0.2) is 0 Å². The third-order valence-electron chi connectivity index (χ3n) is 7.40. The van der Waals surface area contributed by atoms with Crippen molar-refractivity contribution in [3.05, 3.63) is 46.6 Å². The summed E-state index contributed by atoms with van der Waals surface area (Å²) < 4.78 is 27.9. The van der Waals surface area contributed by atoms with Crippen molar-refractivity contribution in [1.29, 1.82) is 0 Å². The minimum Gasteiger partial charge on any atom is -0.507 e. The van der Waals surface area contributed by atoms with E-state index >= 15 is 0 Å². The van der Waals surface area contributed by atoms with Crippen LogP contribution in [0, 0.1) is 0 Å². The lowest BCUT2D eigenvalue weighted by molar-refractivity contribution is -0.388. The molecule has 15 heteroatoms. The summed E-state index contributed by atoms with van der Waals surface area (Å²) in [6.45, 7) is -1.46. The van der Waals surface area contributed by atoms with Crippen LogP contribution in [0.2, 0.25) is 0 Å². The Balaban J connectivity index is 1.62. The predicted octanol–water partition coefficient (Wildman–Crippen LogP) is -2.09. The van der Waals surface area contributed by atoms with Gasteiger partial charge in [-0.2, -0.15) is 0 Å². The SMILES string of the molecule is COc1ccc(-c2cc(=O)c3c(O)cc(OC4(C5OCC(O)C(O)C5O)OC(CO)C(O)C(O)C4O)cc3o2)cc1O. The van der Waals surface area contributed by atoms with Crippen molar-refractivity contribution in [2.75, 3.05) is 20.3 Å². The largest absolute Gasteiger partial charge is 0.507 e. The first-order valence-corrected chi connectivity index (χ1v) is 12.8. The highest BCUT2D eigenvalue weighted by Crippen LogP contribution is 2.42. The molecule has 5 rings (SSSR count). The van der Waals surface area contributed by atoms with E-state index < -0.39 is 79.0 Å². The molecule has 0 spiro atoms. The molecule has 9 unspecified atom stereocenters. The van der Waals surface area contributed by atoms with E-state index in [9.17, 15) is 50.8 Å². The second-order valence-electron chi connectivity index (χ2n) is 10.1. The molecule has 9 N–H and O–H groups in total. The van der Waals surface area contributed by atoms with Gasteiger partial charge in [0.05, 0.1) is 20.3 Å². The number of fused-ring (bicyclic) bond motifs is 1. The van der Waals surface area contributed by atoms with Crippen LogP contribution in [0.4, 0.5) is 0 Å². The summed E-state index contributed by atoms with van der Waals surface area (Å²) in [5, 5.41) is 93.5. The Kier molecular flexibility index (Phi) is 8.06. The number of benzene rings is 2. The fraction of sp³-hybridized carbons (Fsp3) is 0.444. The molecule has 2 fully saturated rings. The number of rotatable bonds is 6. The lowest BCUT2D eigenvalue weighted by Crippen LogP contribution is -2.76. The number of ether oxygens (including phenoxy) is 4. The molecule has 228 valence electrons. The minimum absolute atomic E-state index is 0.0206. The molecule has 0 radical (unpaired) electrons. The van der Waals surface area contributed by atoms with Gasteiger partial charge in [0.15, 0.2) is 29.1 Å². The normalized spacial score (nSPS) is 33.4. The lowest BCUT2D eigenvalue weighted by Gasteiger charge is -2.53. The van der Waals surface area contributed by atoms with Gasteiger partial charge in [0.1, 0.15) is 64.9 Å². The van der Waals surface area contributed by atoms with Crippen molar-refractivity contribution in [1.82, 2.24) is 0 Å². The van der Waals surface area contributed by atoms with Crippen LogP contribution in [0.3, 0.4) is 0 Å². The monoisotopic (exact) mass is 594 g/mol. The number of aliphatic hydroxyl groups is 7. The lowest BCUT2D eigenvalue weighted by atomic mass is 9.84. The quantitative estimate of drug-likeness (QED) is 0.148. The zero-order valence-corrected chi connectivity index (χ0v) is 22.0. The van der Waals surface area contributed by atoms with Crippen LogP contribution >= 0.6 is 0 Å². The molecule has 42 heavy (non-hydrogen) atoms. The number of hydrogen-bond acceptors (Lipinski definition) is 15. The number of hydrogen-bond donors (Lipinski definition) is 9. The molecule has 0 bridgehead atoms. The molecule has 2 aromatic carbocycles. The van der Waals surface area contributed by atoms with E-state index in [1.165, 1.54) is 25.3 Å². The third kappa shape index (κ3) is 4.94. The Hall–Kier alpha value is -3.51. The van der Waals surface area contributed by atoms with Crippen molar-refractivity contribution < 1.29 is 69.3 Å². The average molecular weight is 595 g/mol. The molecule has 0 saturated carbocycles. The fourth-order valence-electron chi connectivity index (χ4n) is 5.18. The number of methoxy groups -OCH3 is 1. The van der Waals surface area contributed by atoms with Gasteiger partial charge in [-0.15, -0.1) is 0 Å². The maximum atomic E-state index is 12.9. The molecule has 1 aromatic heterocycles. The second kappa shape index (κ2) is 11.3. The van der Waals surface area contributed by atoms with Crippen molar-refractivity contribution in [3.8, 4) is 34.3 Å². The van der Waals surface area contributed by atoms with Crippen molar-refractivity contribution in [3.63, 3.8) is 0 Å². The van der Waals surface area contributed by atoms with Crippen LogP contribution in [0.1, 0.15) is 0 Å². The average Bonchev–Trinajstić information content (AvgIpc) is 2.96. The number of aliphatic hydroxyl groups excluding tert-OH is 7. The van der Waals surface area contributed by atoms with Crippen LogP contribution in [0.25, 0.3) is 22.3 Å². The molecule has 3 aromatic rings. The summed E-state index contributed by atoms with van der Waals surface area (Å²) in [5.74, 6) is -3.75. The summed E-state index contributed by atoms with van der Waals surface area (Å²) in [7, 11) is 1.36. The van der Waals surface area contributed by atoms with Gasteiger partial charge < -0.3 is 69.3 Å². The number of phenols is 2. The van der Waals surface area contributed by atoms with Gasteiger partial charge in [-0.1, -0.05) is 0 Å². The molecular weight excluding hydrogens is 564 g/mol. The zero-order valence-electron chi connectivity index (χ0n) is 22.0. The fourth-order valence-corrected chi connectivity index (χ4v) is 5.18. The van der Waals surface area contributed by atoms with Crippen LogP contribution in [-0.2, 0) is 9.47 Å². The van der Waals surface area contributed by atoms with Gasteiger partial charge in [0, 0.05) is 23.8 Å². The molecule has 15 nitrogen and oxygen atoms in total. The molecular formula is C27H30O15. The molecule has 0 aliphatic carbocycles. The van der Waals surface area contributed by atoms with E-state index in [1.807, 2.05) is 0 Å². The highest BCUT2D eigenvalue weighted by molar-refractivity contribution is 5.86. The minimum atomic E-state index is -2.66. The van der Waals surface area contributed by atoms with Gasteiger partial charge in [0.25, 0.3) is 5.79 Å². The highest BCUT2D eigenvalue weighted by Gasteiger charge is 2.64. The second-order valence-corrected chi connectivity index (χ2v) is 10.1. The Bertz CT molecular complexity index is 1500. The molecule has 2 saturated heterocycles. The smallest absolute Gasteiger partial charge is 0.268 e. The van der Waals surface area contributed by atoms with Crippen LogP contribution < -0.4 is 14.9 Å². The van der Waals surface area contributed by atoms with Crippen molar-refractivity contribution >= 4 is 11.0 Å². The highest BCUT2D eigenvalue weighted by atomic mass is 16.7. The van der Waals surface area contributed by atoms with E-state index in [-0.39, 0.29) is 39.5 Å². The predicted molar refractivity (Wildman–Crippen MR) is 139 cm³/mol. The Morgan fingerprint density at radius 2 is 1.67 bits per heavy atom. The standard InChI is InChI=1S/C27H30O15/c1-38-16-3-2-10(4-12(16)29)17-7-14(31)20-13(30)5-11(6-18(20)40-17)41-27(26-24(36)21(33)15(32)9-39-26)25(37)23(35)22(34)19(8-28)42-27/h2-7,15,19,21-26,28-30,32-37H,8-9H2,1H3. The van der Waals surface area contributed by atoms with E-state index in [1.54, 1.807) is 0 Å². The summed E-state index contributed by atoms with van der Waals surface area (Å²) in [4.78, 5) is 12.9. The number of aromatic hydroxyl groups is 2. The summed E-state index contributed by atoms with van der Waals surface area (Å²) >= 11 is 0. The Morgan fingerprint density at radius 3 is 2.33 bits per heavy atom. The topological polar surface area (TPSA) is 249 Å². The van der Waals surface area contributed by atoms with Crippen molar-refractivity contribution in [2.24, 2.45) is 0 Å². The van der Waals surface area contributed by atoms with Gasteiger partial charge in [0.2, 0.25) is 0 Å². The van der Waals surface area contributed by atoms with Crippen molar-refractivity contribution in [2.45, 2.75) is 54.6 Å². The summed E-state index contributed by atoms with van der Waals surface area (Å²) in [6.07, 6.45) is -14.8. The van der Waals surface area contributed by atoms with E-state index in [4.69, 9.17) is 23.4 Å². The van der Waals surface area contributed by atoms with Gasteiger partial charge >= 0.3 is 0 Å². The van der Waals surface area contributed by atoms with Crippen LogP contribution in [0.15, 0.2) is 45.6 Å². The maximum Gasteiger partial charge on any atom is 0.268 e. The van der Waals surface area contributed by atoms with Crippen LogP contribution in [0.5, 0.6) is 23.0 Å². The third-order valence-corrected chi connectivity index (χ3v) is 7.40. The van der Waals surface area contributed by atoms with E-state index in [2.05, 4.69) is 0 Å². The van der Waals surface area contributed by atoms with Gasteiger partial charge in [-0.05, 0) is 18.2 Å². The summed E-state index contributed by atoms with van der Waals surface area (Å²) in [6, 6.07) is 7.38. The van der Waals surface area contributed by atoms with E-state index in [0.29, 0.717) is 0 Å². The Labute approximate surface area is 236 Å². The first-order valence-electron chi connectivity index (χ1n) is 12.8. The van der Waals surface area contributed by atoms with E-state index in [0.717, 1.165) is 18.2 Å². The number of phenolic OH excluding ortho intramolecular Hbond substituents is 2. The maximum absolute atomic E-state index is 12.9. The zero-order chi connectivity index (χ0) is 30.5. The first kappa shape index (κ1) is 30.0.